The fourth-order valence-electron chi connectivity index (χ4n) is 2.81. The van der Waals surface area contributed by atoms with Gasteiger partial charge in [0.05, 0.1) is 12.2 Å². The quantitative estimate of drug-likeness (QED) is 0.538. The maximum atomic E-state index is 11.9. The van der Waals surface area contributed by atoms with E-state index in [1.807, 2.05) is 17.8 Å². The number of aliphatic imine (C=N–C) groups is 1. The fraction of sp³-hybridized carbons (Fsp3) is 0.688. The molecule has 7 heteroatoms. The molecular weight excluding hydrogens is 292 g/mol. The van der Waals surface area contributed by atoms with E-state index in [-0.39, 0.29) is 5.91 Å². The number of carbonyl (C=O) groups is 1. The number of amides is 1. The highest BCUT2D eigenvalue weighted by Crippen LogP contribution is 2.17. The van der Waals surface area contributed by atoms with Gasteiger partial charge in [0.1, 0.15) is 0 Å². The molecule has 1 aromatic rings. The number of guanidine groups is 1. The monoisotopic (exact) mass is 320 g/mol. The molecule has 0 spiro atoms. The first kappa shape index (κ1) is 17.3. The van der Waals surface area contributed by atoms with E-state index in [0.29, 0.717) is 31.5 Å². The molecule has 0 bridgehead atoms. The summed E-state index contributed by atoms with van der Waals surface area (Å²) in [5.41, 5.74) is 1.07. The number of nitrogens with zero attached hydrogens (tertiary/aromatic N) is 3. The van der Waals surface area contributed by atoms with Crippen LogP contribution in [0.5, 0.6) is 0 Å². The molecular formula is C16H28N6O. The number of carbonyl (C=O) groups excluding carboxylic acids is 1. The Morgan fingerprint density at radius 3 is 2.78 bits per heavy atom. The van der Waals surface area contributed by atoms with Crippen molar-refractivity contribution >= 4 is 11.9 Å². The summed E-state index contributed by atoms with van der Waals surface area (Å²) < 4.78 is 1.82. The van der Waals surface area contributed by atoms with Gasteiger partial charge < -0.3 is 16.0 Å². The lowest BCUT2D eigenvalue weighted by molar-refractivity contribution is -0.121. The van der Waals surface area contributed by atoms with Gasteiger partial charge in [-0.05, 0) is 18.9 Å². The minimum absolute atomic E-state index is 0.117. The van der Waals surface area contributed by atoms with Gasteiger partial charge >= 0.3 is 0 Å². The summed E-state index contributed by atoms with van der Waals surface area (Å²) in [4.78, 5) is 16.1. The lowest BCUT2D eigenvalue weighted by Gasteiger charge is -2.22. The molecule has 1 amide bonds. The summed E-state index contributed by atoms with van der Waals surface area (Å²) in [5, 5.41) is 13.6. The van der Waals surface area contributed by atoms with Crippen LogP contribution in [-0.2, 0) is 18.4 Å². The van der Waals surface area contributed by atoms with E-state index in [0.717, 1.165) is 18.5 Å². The summed E-state index contributed by atoms with van der Waals surface area (Å²) in [5.74, 6) is 0.808. The van der Waals surface area contributed by atoms with Crippen LogP contribution in [0.4, 0.5) is 0 Å². The molecule has 3 N–H and O–H groups in total. The Kier molecular flexibility index (Phi) is 6.90. The van der Waals surface area contributed by atoms with Crippen molar-refractivity contribution in [3.63, 3.8) is 0 Å². The zero-order valence-corrected chi connectivity index (χ0v) is 14.1. The summed E-state index contributed by atoms with van der Waals surface area (Å²) in [6, 6.07) is 2.33. The summed E-state index contributed by atoms with van der Waals surface area (Å²) >= 11 is 0. The highest BCUT2D eigenvalue weighted by atomic mass is 16.1. The van der Waals surface area contributed by atoms with Crippen molar-refractivity contribution < 1.29 is 4.79 Å². The molecule has 0 saturated heterocycles. The van der Waals surface area contributed by atoms with E-state index < -0.39 is 0 Å². The predicted molar refractivity (Wildman–Crippen MR) is 91.0 cm³/mol. The van der Waals surface area contributed by atoms with Gasteiger partial charge in [-0.1, -0.05) is 19.3 Å². The second-order valence-electron chi connectivity index (χ2n) is 5.95. The second-order valence-corrected chi connectivity index (χ2v) is 5.95. The number of aryl methyl sites for hydroxylation is 1. The molecule has 23 heavy (non-hydrogen) atoms. The minimum Gasteiger partial charge on any atom is -0.356 e. The first-order valence-electron chi connectivity index (χ1n) is 8.40. The van der Waals surface area contributed by atoms with Crippen molar-refractivity contribution in [3.8, 4) is 0 Å². The minimum atomic E-state index is 0.117. The number of aromatic nitrogens is 2. The van der Waals surface area contributed by atoms with Gasteiger partial charge in [-0.15, -0.1) is 0 Å². The molecule has 1 aliphatic rings. The van der Waals surface area contributed by atoms with Gasteiger partial charge in [-0.3, -0.25) is 14.5 Å². The maximum absolute atomic E-state index is 11.9. The van der Waals surface area contributed by atoms with Gasteiger partial charge in [0.2, 0.25) is 5.91 Å². The third-order valence-corrected chi connectivity index (χ3v) is 4.20. The lowest BCUT2D eigenvalue weighted by atomic mass is 9.95. The van der Waals surface area contributed by atoms with Crippen LogP contribution < -0.4 is 16.0 Å². The first-order chi connectivity index (χ1) is 11.2. The molecule has 1 saturated carbocycles. The third kappa shape index (κ3) is 5.92. The molecule has 1 aliphatic carbocycles. The molecule has 0 aromatic carbocycles. The Morgan fingerprint density at radius 2 is 2.13 bits per heavy atom. The van der Waals surface area contributed by atoms with E-state index in [9.17, 15) is 4.79 Å². The number of hydrogen-bond donors (Lipinski definition) is 3. The van der Waals surface area contributed by atoms with Gasteiger partial charge in [0, 0.05) is 39.3 Å². The van der Waals surface area contributed by atoms with Crippen molar-refractivity contribution in [1.82, 2.24) is 25.7 Å². The van der Waals surface area contributed by atoms with Crippen LogP contribution in [0.1, 0.15) is 44.2 Å². The van der Waals surface area contributed by atoms with Crippen molar-refractivity contribution in [2.24, 2.45) is 12.0 Å². The molecule has 1 aromatic heterocycles. The zero-order chi connectivity index (χ0) is 16.5. The zero-order valence-electron chi connectivity index (χ0n) is 14.1. The largest absolute Gasteiger partial charge is 0.356 e. The molecule has 1 heterocycles. The second kappa shape index (κ2) is 9.17. The van der Waals surface area contributed by atoms with Crippen LogP contribution >= 0.6 is 0 Å². The molecule has 1 fully saturated rings. The normalized spacial score (nSPS) is 16.2. The molecule has 0 unspecified atom stereocenters. The van der Waals surface area contributed by atoms with Crippen LogP contribution in [0.15, 0.2) is 17.3 Å². The van der Waals surface area contributed by atoms with Gasteiger partial charge in [-0.25, -0.2) is 0 Å². The Morgan fingerprint density at radius 1 is 1.35 bits per heavy atom. The van der Waals surface area contributed by atoms with Crippen molar-refractivity contribution in [2.75, 3.05) is 13.6 Å². The number of hydrogen-bond acceptors (Lipinski definition) is 3. The van der Waals surface area contributed by atoms with Gasteiger partial charge in [-0.2, -0.15) is 5.10 Å². The Bertz CT molecular complexity index is 518. The van der Waals surface area contributed by atoms with E-state index in [2.05, 4.69) is 26.0 Å². The maximum Gasteiger partial charge on any atom is 0.221 e. The number of nitrogens with one attached hydrogen (secondary N) is 3. The highest BCUT2D eigenvalue weighted by Gasteiger charge is 2.15. The predicted octanol–water partition coefficient (Wildman–Crippen LogP) is 0.924. The van der Waals surface area contributed by atoms with E-state index in [1.54, 1.807) is 13.2 Å². The first-order valence-corrected chi connectivity index (χ1v) is 8.40. The molecule has 0 radical (unpaired) electrons. The lowest BCUT2D eigenvalue weighted by Crippen LogP contribution is -2.41. The molecule has 2 rings (SSSR count). The Labute approximate surface area is 137 Å². The van der Waals surface area contributed by atoms with Gasteiger partial charge in [0.15, 0.2) is 5.96 Å². The smallest absolute Gasteiger partial charge is 0.221 e. The van der Waals surface area contributed by atoms with Gasteiger partial charge in [0.25, 0.3) is 0 Å². The molecule has 7 nitrogen and oxygen atoms in total. The van der Waals surface area contributed by atoms with Crippen LogP contribution in [-0.4, -0.2) is 41.3 Å². The topological polar surface area (TPSA) is 83.3 Å². The van der Waals surface area contributed by atoms with Crippen LogP contribution in [0.3, 0.4) is 0 Å². The van der Waals surface area contributed by atoms with Crippen LogP contribution in [0.25, 0.3) is 0 Å². The Hall–Kier alpha value is -2.05. The summed E-state index contributed by atoms with van der Waals surface area (Å²) in [6.45, 7) is 1.22. The van der Waals surface area contributed by atoms with E-state index in [4.69, 9.17) is 0 Å². The van der Waals surface area contributed by atoms with Crippen molar-refractivity contribution in [2.45, 2.75) is 51.1 Å². The van der Waals surface area contributed by atoms with Crippen molar-refractivity contribution in [3.05, 3.63) is 18.0 Å². The average molecular weight is 320 g/mol. The average Bonchev–Trinajstić information content (AvgIpc) is 2.97. The van der Waals surface area contributed by atoms with Crippen molar-refractivity contribution in [1.29, 1.82) is 0 Å². The SMILES string of the molecule is CN=C(NCCC(=O)NC1CCCCC1)NCc1ccnn1C. The van der Waals surface area contributed by atoms with E-state index >= 15 is 0 Å². The van der Waals surface area contributed by atoms with Crippen LogP contribution in [0.2, 0.25) is 0 Å². The third-order valence-electron chi connectivity index (χ3n) is 4.20. The highest BCUT2D eigenvalue weighted by molar-refractivity contribution is 5.81. The summed E-state index contributed by atoms with van der Waals surface area (Å²) in [7, 11) is 3.63. The summed E-state index contributed by atoms with van der Waals surface area (Å²) in [6.07, 6.45) is 8.22. The standard InChI is InChI=1S/C16H28N6O/c1-17-16(19-12-14-8-11-20-22(14)2)18-10-9-15(23)21-13-6-4-3-5-7-13/h8,11,13H,3-7,9-10,12H2,1-2H3,(H,21,23)(H2,17,18,19). The fourth-order valence-corrected chi connectivity index (χ4v) is 2.81. The molecule has 0 aliphatic heterocycles. The van der Waals surface area contributed by atoms with Crippen LogP contribution in [0, 0.1) is 0 Å². The number of rotatable bonds is 6. The molecule has 128 valence electrons. The Balaban J connectivity index is 1.63. The molecule has 0 atom stereocenters. The van der Waals surface area contributed by atoms with E-state index in [1.165, 1.54) is 19.3 Å².